The Hall–Kier alpha value is -2.22. The van der Waals surface area contributed by atoms with Crippen LogP contribution in [0.1, 0.15) is 38.2 Å². The number of nitrogens with two attached hydrogens (primary N) is 2. The first-order valence-electron chi connectivity index (χ1n) is 9.32. The number of carbonyl (C=O) groups excluding carboxylic acids is 2. The van der Waals surface area contributed by atoms with Gasteiger partial charge >= 0.3 is 5.97 Å². The molecule has 0 radical (unpaired) electrons. The zero-order valence-corrected chi connectivity index (χ0v) is 16.0. The lowest BCUT2D eigenvalue weighted by molar-refractivity contribution is -0.146. The normalized spacial score (nSPS) is 14.0. The van der Waals surface area contributed by atoms with Gasteiger partial charge in [0.2, 0.25) is 5.91 Å². The third kappa shape index (κ3) is 9.33. The lowest BCUT2D eigenvalue weighted by Crippen LogP contribution is -2.49. The van der Waals surface area contributed by atoms with Crippen molar-refractivity contribution < 1.29 is 14.4 Å². The van der Waals surface area contributed by atoms with Crippen LogP contribution in [0, 0.1) is 0 Å². The Bertz CT molecular complexity index is 580. The second-order valence-corrected chi connectivity index (χ2v) is 6.66. The molecule has 0 saturated carbocycles. The molecule has 2 unspecified atom stereocenters. The summed E-state index contributed by atoms with van der Waals surface area (Å²) in [5.74, 6) is 4.14. The summed E-state index contributed by atoms with van der Waals surface area (Å²) >= 11 is 0. The first-order valence-corrected chi connectivity index (χ1v) is 9.32. The van der Waals surface area contributed by atoms with Crippen LogP contribution in [0.5, 0.6) is 0 Å². The molecule has 0 aliphatic carbocycles. The fourth-order valence-electron chi connectivity index (χ4n) is 2.77. The summed E-state index contributed by atoms with van der Waals surface area (Å²) < 4.78 is 0. The van der Waals surface area contributed by atoms with Gasteiger partial charge in [0.15, 0.2) is 0 Å². The number of hydrogen-bond acceptors (Lipinski definition) is 6. The van der Waals surface area contributed by atoms with E-state index >= 15 is 0 Å². The number of nitrogens with one attached hydrogen (secondary N) is 2. The monoisotopic (exact) mass is 376 g/mol. The minimum Gasteiger partial charge on any atom is -0.372 e. The van der Waals surface area contributed by atoms with Crippen molar-refractivity contribution in [1.29, 1.82) is 0 Å². The molecule has 0 aliphatic rings. The molecule has 1 amide bonds. The minimum absolute atomic E-state index is 0.0413. The zero-order valence-electron chi connectivity index (χ0n) is 16.0. The van der Waals surface area contributed by atoms with Gasteiger partial charge < -0.3 is 21.2 Å². The van der Waals surface area contributed by atoms with Gasteiger partial charge in [-0.25, -0.2) is 4.79 Å². The molecular weight excluding hydrogens is 344 g/mol. The van der Waals surface area contributed by atoms with E-state index in [1.165, 1.54) is 0 Å². The summed E-state index contributed by atoms with van der Waals surface area (Å²) in [5, 5.41) is 6.33. The molecule has 1 rings (SSSR count). The molecule has 1 aromatic carbocycles. The molecule has 0 aliphatic heterocycles. The highest BCUT2D eigenvalue weighted by molar-refractivity contribution is 5.82. The lowest BCUT2D eigenvalue weighted by atomic mass is 10.0. The average molecular weight is 377 g/mol. The van der Waals surface area contributed by atoms with E-state index in [0.717, 1.165) is 18.4 Å². The Balaban J connectivity index is 2.47. The van der Waals surface area contributed by atoms with E-state index in [1.807, 2.05) is 43.3 Å². The number of unbranched alkanes of at least 4 members (excludes halogenated alkanes) is 1. The van der Waals surface area contributed by atoms with Crippen LogP contribution in [-0.4, -0.2) is 36.5 Å². The average Bonchev–Trinajstić information content (AvgIpc) is 2.67. The third-order valence-electron chi connectivity index (χ3n) is 4.27. The second-order valence-electron chi connectivity index (χ2n) is 6.66. The van der Waals surface area contributed by atoms with E-state index < -0.39 is 12.0 Å². The van der Waals surface area contributed by atoms with Crippen LogP contribution in [-0.2, 0) is 20.8 Å². The molecule has 0 saturated heterocycles. The largest absolute Gasteiger partial charge is 0.372 e. The lowest BCUT2D eigenvalue weighted by Gasteiger charge is -2.22. The quantitative estimate of drug-likeness (QED) is 0.233. The Morgan fingerprint density at radius 1 is 1.26 bits per heavy atom. The molecule has 0 fully saturated rings. The van der Waals surface area contributed by atoms with Crippen LogP contribution in [0.2, 0.25) is 0 Å². The maximum atomic E-state index is 12.6. The van der Waals surface area contributed by atoms with Crippen molar-refractivity contribution in [3.05, 3.63) is 48.6 Å². The van der Waals surface area contributed by atoms with Crippen molar-refractivity contribution >= 4 is 11.9 Å². The molecule has 0 aromatic heterocycles. The molecule has 0 heterocycles. The van der Waals surface area contributed by atoms with Crippen molar-refractivity contribution in [1.82, 2.24) is 10.6 Å². The Morgan fingerprint density at radius 3 is 2.59 bits per heavy atom. The summed E-state index contributed by atoms with van der Waals surface area (Å²) in [5.41, 5.74) is 6.73. The second kappa shape index (κ2) is 13.0. The SMILES string of the molecule is C=CCC(C)N[C@@H](Cc1ccccc1)C(=O)NCCCCC(N)C(=O)ON. The van der Waals surface area contributed by atoms with E-state index in [1.54, 1.807) is 0 Å². The fraction of sp³-hybridized carbons (Fsp3) is 0.500. The highest BCUT2D eigenvalue weighted by atomic mass is 16.7. The standard InChI is InChI=1S/C20H32N4O3/c1-3-9-15(2)24-18(14-16-10-5-4-6-11-16)19(25)23-13-8-7-12-17(21)20(26)27-22/h3-6,10-11,15,17-18,24H,1,7-9,12-14,21-22H2,2H3,(H,23,25)/t15?,17?,18-/m0/s1. The van der Waals surface area contributed by atoms with Crippen molar-refractivity contribution in [3.63, 3.8) is 0 Å². The molecule has 27 heavy (non-hydrogen) atoms. The van der Waals surface area contributed by atoms with E-state index in [-0.39, 0.29) is 18.0 Å². The first-order chi connectivity index (χ1) is 13.0. The van der Waals surface area contributed by atoms with Crippen molar-refractivity contribution in [2.45, 2.75) is 57.2 Å². The van der Waals surface area contributed by atoms with Gasteiger partial charge in [-0.3, -0.25) is 4.79 Å². The number of rotatable bonds is 13. The van der Waals surface area contributed by atoms with Crippen molar-refractivity contribution in [3.8, 4) is 0 Å². The summed E-state index contributed by atoms with van der Waals surface area (Å²) in [6, 6.07) is 9.02. The zero-order chi connectivity index (χ0) is 20.1. The van der Waals surface area contributed by atoms with Gasteiger partial charge in [-0.2, -0.15) is 5.90 Å². The summed E-state index contributed by atoms with van der Waals surface area (Å²) in [4.78, 5) is 27.9. The Kier molecular flexibility index (Phi) is 11.0. The van der Waals surface area contributed by atoms with E-state index in [4.69, 9.17) is 11.6 Å². The van der Waals surface area contributed by atoms with Crippen LogP contribution in [0.3, 0.4) is 0 Å². The maximum absolute atomic E-state index is 12.6. The summed E-state index contributed by atoms with van der Waals surface area (Å²) in [6.45, 7) is 6.30. The number of hydrogen-bond donors (Lipinski definition) is 4. The molecule has 0 spiro atoms. The van der Waals surface area contributed by atoms with Crippen LogP contribution >= 0.6 is 0 Å². The van der Waals surface area contributed by atoms with Crippen molar-refractivity contribution in [2.75, 3.05) is 6.54 Å². The maximum Gasteiger partial charge on any atom is 0.341 e. The van der Waals surface area contributed by atoms with Gasteiger partial charge in [0.05, 0.1) is 6.04 Å². The van der Waals surface area contributed by atoms with E-state index in [2.05, 4.69) is 22.1 Å². The number of carbonyl (C=O) groups is 2. The van der Waals surface area contributed by atoms with Crippen molar-refractivity contribution in [2.24, 2.45) is 11.6 Å². The van der Waals surface area contributed by atoms with Gasteiger partial charge in [0.1, 0.15) is 6.04 Å². The number of amides is 1. The molecule has 150 valence electrons. The smallest absolute Gasteiger partial charge is 0.341 e. The molecule has 7 heteroatoms. The molecule has 1 aromatic rings. The topological polar surface area (TPSA) is 119 Å². The third-order valence-corrected chi connectivity index (χ3v) is 4.27. The summed E-state index contributed by atoms with van der Waals surface area (Å²) in [7, 11) is 0. The first kappa shape index (κ1) is 22.8. The number of benzene rings is 1. The van der Waals surface area contributed by atoms with E-state index in [9.17, 15) is 9.59 Å². The van der Waals surface area contributed by atoms with E-state index in [0.29, 0.717) is 25.8 Å². The van der Waals surface area contributed by atoms with Crippen LogP contribution in [0.4, 0.5) is 0 Å². The van der Waals surface area contributed by atoms with Crippen LogP contribution < -0.4 is 22.3 Å². The predicted molar refractivity (Wildman–Crippen MR) is 106 cm³/mol. The molecule has 3 atom stereocenters. The van der Waals surface area contributed by atoms with Gasteiger partial charge in [-0.1, -0.05) is 36.4 Å². The molecule has 0 bridgehead atoms. The Labute approximate surface area is 161 Å². The highest BCUT2D eigenvalue weighted by Gasteiger charge is 2.20. The Morgan fingerprint density at radius 2 is 1.96 bits per heavy atom. The van der Waals surface area contributed by atoms with Crippen LogP contribution in [0.25, 0.3) is 0 Å². The molecule has 6 N–H and O–H groups in total. The minimum atomic E-state index is -0.724. The highest BCUT2D eigenvalue weighted by Crippen LogP contribution is 2.06. The van der Waals surface area contributed by atoms with Gasteiger partial charge in [0, 0.05) is 12.6 Å². The van der Waals surface area contributed by atoms with Gasteiger partial charge in [-0.15, -0.1) is 6.58 Å². The predicted octanol–water partition coefficient (Wildman–Crippen LogP) is 1.18. The van der Waals surface area contributed by atoms with Gasteiger partial charge in [-0.05, 0) is 44.6 Å². The molecular formula is C20H32N4O3. The van der Waals surface area contributed by atoms with Gasteiger partial charge in [0.25, 0.3) is 0 Å². The van der Waals surface area contributed by atoms with Crippen LogP contribution in [0.15, 0.2) is 43.0 Å². The fourth-order valence-corrected chi connectivity index (χ4v) is 2.77. The molecule has 7 nitrogen and oxygen atoms in total. The summed E-state index contributed by atoms with van der Waals surface area (Å²) in [6.07, 6.45) is 5.12.